The van der Waals surface area contributed by atoms with Crippen molar-refractivity contribution in [3.63, 3.8) is 0 Å². The number of para-hydroxylation sites is 2. The van der Waals surface area contributed by atoms with Gasteiger partial charge in [-0.05, 0) is 30.7 Å². The SMILES string of the molecule is C=CCOc1ccccc1C(=O)NNC(=O)c1ccccc1OCCCCCC. The van der Waals surface area contributed by atoms with Crippen molar-refractivity contribution in [3.05, 3.63) is 72.3 Å². The number of ether oxygens (including phenoxy) is 2. The Kier molecular flexibility index (Phi) is 9.29. The van der Waals surface area contributed by atoms with Crippen molar-refractivity contribution >= 4 is 11.8 Å². The van der Waals surface area contributed by atoms with Crippen LogP contribution >= 0.6 is 0 Å². The summed E-state index contributed by atoms with van der Waals surface area (Å²) in [6.07, 6.45) is 5.93. The van der Waals surface area contributed by atoms with E-state index in [1.165, 1.54) is 0 Å². The molecule has 2 N–H and O–H groups in total. The lowest BCUT2D eigenvalue weighted by Gasteiger charge is -2.13. The van der Waals surface area contributed by atoms with Gasteiger partial charge in [-0.3, -0.25) is 20.4 Å². The fourth-order valence-corrected chi connectivity index (χ4v) is 2.67. The first-order valence-electron chi connectivity index (χ1n) is 9.82. The summed E-state index contributed by atoms with van der Waals surface area (Å²) in [7, 11) is 0. The third kappa shape index (κ3) is 6.99. The van der Waals surface area contributed by atoms with E-state index >= 15 is 0 Å². The van der Waals surface area contributed by atoms with Gasteiger partial charge in [0, 0.05) is 0 Å². The molecule has 2 rings (SSSR count). The molecular weight excluding hydrogens is 368 g/mol. The molecule has 6 nitrogen and oxygen atoms in total. The van der Waals surface area contributed by atoms with Crippen LogP contribution in [0.3, 0.4) is 0 Å². The molecule has 2 aromatic rings. The van der Waals surface area contributed by atoms with Gasteiger partial charge in [-0.2, -0.15) is 0 Å². The summed E-state index contributed by atoms with van der Waals surface area (Å²) >= 11 is 0. The average Bonchev–Trinajstić information content (AvgIpc) is 2.76. The van der Waals surface area contributed by atoms with E-state index in [-0.39, 0.29) is 6.61 Å². The first-order chi connectivity index (χ1) is 14.2. The molecule has 0 aromatic heterocycles. The third-order valence-electron chi connectivity index (χ3n) is 4.17. The molecule has 0 aliphatic rings. The molecule has 0 aliphatic heterocycles. The number of hydrazine groups is 1. The monoisotopic (exact) mass is 396 g/mol. The molecule has 0 radical (unpaired) electrons. The van der Waals surface area contributed by atoms with Gasteiger partial charge < -0.3 is 9.47 Å². The summed E-state index contributed by atoms with van der Waals surface area (Å²) in [5, 5.41) is 0. The maximum atomic E-state index is 12.5. The Labute approximate surface area is 171 Å². The highest BCUT2D eigenvalue weighted by atomic mass is 16.5. The van der Waals surface area contributed by atoms with Gasteiger partial charge in [-0.15, -0.1) is 0 Å². The van der Waals surface area contributed by atoms with Crippen LogP contribution in [0.25, 0.3) is 0 Å². The van der Waals surface area contributed by atoms with E-state index < -0.39 is 11.8 Å². The average molecular weight is 396 g/mol. The summed E-state index contributed by atoms with van der Waals surface area (Å²) in [4.78, 5) is 25.0. The van der Waals surface area contributed by atoms with E-state index in [4.69, 9.17) is 9.47 Å². The summed E-state index contributed by atoms with van der Waals surface area (Å²) in [5.74, 6) is -0.0246. The van der Waals surface area contributed by atoms with E-state index in [0.717, 1.165) is 25.7 Å². The van der Waals surface area contributed by atoms with Crippen LogP contribution in [0.4, 0.5) is 0 Å². The van der Waals surface area contributed by atoms with Gasteiger partial charge in [0.1, 0.15) is 18.1 Å². The van der Waals surface area contributed by atoms with Crippen molar-refractivity contribution in [2.45, 2.75) is 32.6 Å². The van der Waals surface area contributed by atoms with E-state index in [1.807, 2.05) is 6.07 Å². The van der Waals surface area contributed by atoms with E-state index in [1.54, 1.807) is 48.5 Å². The fourth-order valence-electron chi connectivity index (χ4n) is 2.67. The Morgan fingerprint density at radius 2 is 1.41 bits per heavy atom. The van der Waals surface area contributed by atoms with Gasteiger partial charge in [0.05, 0.1) is 17.7 Å². The quantitative estimate of drug-likeness (QED) is 0.338. The van der Waals surface area contributed by atoms with Crippen LogP contribution < -0.4 is 20.3 Å². The minimum atomic E-state index is -0.476. The van der Waals surface area contributed by atoms with Crippen molar-refractivity contribution in [1.82, 2.24) is 10.9 Å². The Morgan fingerprint density at radius 1 is 0.862 bits per heavy atom. The Bertz CT molecular complexity index is 820. The maximum absolute atomic E-state index is 12.5. The summed E-state index contributed by atoms with van der Waals surface area (Å²) < 4.78 is 11.2. The molecule has 0 heterocycles. The lowest BCUT2D eigenvalue weighted by Crippen LogP contribution is -2.41. The number of hydrogen-bond acceptors (Lipinski definition) is 4. The van der Waals surface area contributed by atoms with Crippen molar-refractivity contribution in [2.24, 2.45) is 0 Å². The van der Waals surface area contributed by atoms with Crippen LogP contribution in [0.2, 0.25) is 0 Å². The minimum absolute atomic E-state index is 0.277. The van der Waals surface area contributed by atoms with Gasteiger partial charge in [-0.1, -0.05) is 63.1 Å². The van der Waals surface area contributed by atoms with E-state index in [9.17, 15) is 9.59 Å². The number of carbonyl (C=O) groups is 2. The van der Waals surface area contributed by atoms with Gasteiger partial charge in [0.2, 0.25) is 0 Å². The lowest BCUT2D eigenvalue weighted by atomic mass is 10.2. The highest BCUT2D eigenvalue weighted by Gasteiger charge is 2.16. The van der Waals surface area contributed by atoms with Gasteiger partial charge >= 0.3 is 0 Å². The number of carbonyl (C=O) groups excluding carboxylic acids is 2. The number of hydrogen-bond donors (Lipinski definition) is 2. The number of rotatable bonds is 11. The second-order valence-electron chi connectivity index (χ2n) is 6.41. The number of amides is 2. The zero-order chi connectivity index (χ0) is 20.9. The molecule has 2 amide bonds. The van der Waals surface area contributed by atoms with Crippen LogP contribution in [0.1, 0.15) is 53.3 Å². The van der Waals surface area contributed by atoms with Gasteiger partial charge in [-0.25, -0.2) is 0 Å². The molecular formula is C23H28N2O4. The highest BCUT2D eigenvalue weighted by Crippen LogP contribution is 2.19. The molecule has 0 saturated heterocycles. The van der Waals surface area contributed by atoms with Crippen LogP contribution in [-0.4, -0.2) is 25.0 Å². The second kappa shape index (κ2) is 12.2. The second-order valence-corrected chi connectivity index (χ2v) is 6.41. The zero-order valence-corrected chi connectivity index (χ0v) is 16.8. The Balaban J connectivity index is 1.96. The third-order valence-corrected chi connectivity index (χ3v) is 4.17. The van der Waals surface area contributed by atoms with Crippen LogP contribution in [0.5, 0.6) is 11.5 Å². The molecule has 0 bridgehead atoms. The van der Waals surface area contributed by atoms with E-state index in [0.29, 0.717) is 29.2 Å². The molecule has 0 saturated carbocycles. The highest BCUT2D eigenvalue weighted by molar-refractivity contribution is 6.01. The molecule has 0 spiro atoms. The smallest absolute Gasteiger partial charge is 0.273 e. The largest absolute Gasteiger partial charge is 0.493 e. The van der Waals surface area contributed by atoms with Crippen LogP contribution in [0.15, 0.2) is 61.2 Å². The molecule has 154 valence electrons. The fraction of sp³-hybridized carbons (Fsp3) is 0.304. The molecule has 2 aromatic carbocycles. The van der Waals surface area contributed by atoms with Crippen molar-refractivity contribution in [1.29, 1.82) is 0 Å². The Hall–Kier alpha value is -3.28. The summed E-state index contributed by atoms with van der Waals surface area (Å²) in [5.41, 5.74) is 5.54. The Morgan fingerprint density at radius 3 is 1.97 bits per heavy atom. The zero-order valence-electron chi connectivity index (χ0n) is 16.8. The number of nitrogens with one attached hydrogen (secondary N) is 2. The summed E-state index contributed by atoms with van der Waals surface area (Å²) in [6, 6.07) is 13.7. The molecule has 0 atom stereocenters. The predicted molar refractivity (Wildman–Crippen MR) is 113 cm³/mol. The van der Waals surface area contributed by atoms with Crippen LogP contribution in [-0.2, 0) is 0 Å². The maximum Gasteiger partial charge on any atom is 0.273 e. The molecule has 29 heavy (non-hydrogen) atoms. The number of unbranched alkanes of at least 4 members (excludes halogenated alkanes) is 3. The first-order valence-corrected chi connectivity index (χ1v) is 9.82. The van der Waals surface area contributed by atoms with Crippen molar-refractivity contribution in [3.8, 4) is 11.5 Å². The van der Waals surface area contributed by atoms with Crippen LogP contribution in [0, 0.1) is 0 Å². The first kappa shape index (κ1) is 22.0. The molecule has 0 fully saturated rings. The standard InChI is InChI=1S/C23H28N2O4/c1-3-5-6-11-17-29-21-15-10-8-13-19(21)23(27)25-24-22(26)18-12-7-9-14-20(18)28-16-4-2/h4,7-10,12-15H,2-3,5-6,11,16-17H2,1H3,(H,24,26)(H,25,27). The van der Waals surface area contributed by atoms with E-state index in [2.05, 4.69) is 24.4 Å². The molecule has 0 unspecified atom stereocenters. The molecule has 0 aliphatic carbocycles. The van der Waals surface area contributed by atoms with Crippen molar-refractivity contribution in [2.75, 3.05) is 13.2 Å². The van der Waals surface area contributed by atoms with Crippen molar-refractivity contribution < 1.29 is 19.1 Å². The normalized spacial score (nSPS) is 10.1. The predicted octanol–water partition coefficient (Wildman–Crippen LogP) is 4.29. The summed E-state index contributed by atoms with van der Waals surface area (Å²) in [6.45, 7) is 6.57. The van der Waals surface area contributed by atoms with Gasteiger partial charge in [0.15, 0.2) is 0 Å². The van der Waals surface area contributed by atoms with Gasteiger partial charge in [0.25, 0.3) is 11.8 Å². The minimum Gasteiger partial charge on any atom is -0.493 e. The lowest BCUT2D eigenvalue weighted by molar-refractivity contribution is 0.0842. The number of benzene rings is 2. The topological polar surface area (TPSA) is 76.7 Å². The molecule has 6 heteroatoms.